The third-order valence-corrected chi connectivity index (χ3v) is 7.76. The average molecular weight is 565 g/mol. The highest BCUT2D eigenvalue weighted by molar-refractivity contribution is 5.73. The summed E-state index contributed by atoms with van der Waals surface area (Å²) in [5.74, 6) is 2.52. The zero-order chi connectivity index (χ0) is 28.9. The number of hydrogen-bond acceptors (Lipinski definition) is 10. The van der Waals surface area contributed by atoms with Crippen LogP contribution in [0.2, 0.25) is 0 Å². The number of carbonyl (C=O) groups is 1. The van der Waals surface area contributed by atoms with E-state index in [2.05, 4.69) is 66.4 Å². The number of likely N-dealkylation sites (N-methyl/N-ethyl adjacent to an activating group) is 1. The third kappa shape index (κ3) is 7.13. The second-order valence-electron chi connectivity index (χ2n) is 11.2. The van der Waals surface area contributed by atoms with Gasteiger partial charge >= 0.3 is 5.97 Å². The molecule has 2 aliphatic rings. The summed E-state index contributed by atoms with van der Waals surface area (Å²) < 4.78 is 5.77. The lowest BCUT2D eigenvalue weighted by atomic mass is 10.1. The number of likely N-dealkylation sites (tertiary alicyclic amines) is 2. The van der Waals surface area contributed by atoms with Crippen LogP contribution in [0.25, 0.3) is 11.5 Å². The first-order valence-electron chi connectivity index (χ1n) is 14.5. The molecule has 10 nitrogen and oxygen atoms in total. The second kappa shape index (κ2) is 12.7. The van der Waals surface area contributed by atoms with Crippen LogP contribution >= 0.6 is 0 Å². The minimum atomic E-state index is -0.0340. The van der Waals surface area contributed by atoms with Gasteiger partial charge in [0.1, 0.15) is 29.3 Å². The van der Waals surface area contributed by atoms with Crippen molar-refractivity contribution in [3.63, 3.8) is 0 Å². The Balaban J connectivity index is 1.02. The molecule has 1 N–H and O–H groups in total. The Morgan fingerprint density at radius 3 is 2.48 bits per heavy atom. The van der Waals surface area contributed by atoms with E-state index in [1.165, 1.54) is 5.56 Å². The van der Waals surface area contributed by atoms with E-state index in [-0.39, 0.29) is 18.0 Å². The molecule has 2 fully saturated rings. The zero-order valence-electron chi connectivity index (χ0n) is 24.1. The largest absolute Gasteiger partial charge is 0.461 e. The minimum Gasteiger partial charge on any atom is -0.461 e. The number of nitrogens with one attached hydrogen (secondary N) is 1. The monoisotopic (exact) mass is 564 g/mol. The lowest BCUT2D eigenvalue weighted by molar-refractivity contribution is -0.152. The number of benzene rings is 1. The fraction of sp³-hybridized carbons (Fsp3) is 0.375. The van der Waals surface area contributed by atoms with E-state index >= 15 is 0 Å². The molecular formula is C32H36N8O2. The highest BCUT2D eigenvalue weighted by atomic mass is 16.5. The molecule has 10 heteroatoms. The Labute approximate surface area is 246 Å². The summed E-state index contributed by atoms with van der Waals surface area (Å²) in [5, 5.41) is 3.27. The molecule has 0 radical (unpaired) electrons. The van der Waals surface area contributed by atoms with E-state index in [1.54, 1.807) is 18.5 Å². The van der Waals surface area contributed by atoms with Crippen LogP contribution in [0.1, 0.15) is 35.5 Å². The molecule has 3 aromatic heterocycles. The van der Waals surface area contributed by atoms with Crippen molar-refractivity contribution in [1.29, 1.82) is 0 Å². The molecule has 6 rings (SSSR count). The Morgan fingerprint density at radius 2 is 1.69 bits per heavy atom. The van der Waals surface area contributed by atoms with Gasteiger partial charge in [0.15, 0.2) is 5.82 Å². The van der Waals surface area contributed by atoms with Crippen molar-refractivity contribution in [2.75, 3.05) is 38.5 Å². The number of carbonyl (C=O) groups excluding carboxylic acids is 1. The average Bonchev–Trinajstić information content (AvgIpc) is 3.63. The molecule has 0 spiro atoms. The fourth-order valence-corrected chi connectivity index (χ4v) is 5.53. The summed E-state index contributed by atoms with van der Waals surface area (Å²) in [6, 6.07) is 18.0. The van der Waals surface area contributed by atoms with Gasteiger partial charge in [0, 0.05) is 50.7 Å². The molecule has 0 aliphatic carbocycles. The van der Waals surface area contributed by atoms with E-state index in [4.69, 9.17) is 9.72 Å². The van der Waals surface area contributed by atoms with Crippen molar-refractivity contribution in [3.8, 4) is 11.5 Å². The first-order chi connectivity index (χ1) is 20.5. The molecule has 5 heterocycles. The summed E-state index contributed by atoms with van der Waals surface area (Å²) >= 11 is 0. The van der Waals surface area contributed by atoms with Gasteiger partial charge < -0.3 is 15.0 Å². The van der Waals surface area contributed by atoms with Crippen molar-refractivity contribution in [3.05, 3.63) is 89.6 Å². The van der Waals surface area contributed by atoms with Gasteiger partial charge in [0.25, 0.3) is 0 Å². The van der Waals surface area contributed by atoms with Gasteiger partial charge in [0.05, 0.1) is 5.92 Å². The van der Waals surface area contributed by atoms with Gasteiger partial charge in [-0.25, -0.2) is 24.9 Å². The summed E-state index contributed by atoms with van der Waals surface area (Å²) in [6.07, 6.45) is 5.93. The van der Waals surface area contributed by atoms with Gasteiger partial charge in [-0.1, -0.05) is 30.3 Å². The van der Waals surface area contributed by atoms with Crippen LogP contribution in [0.3, 0.4) is 0 Å². The maximum atomic E-state index is 12.6. The van der Waals surface area contributed by atoms with Crippen molar-refractivity contribution >= 4 is 17.6 Å². The van der Waals surface area contributed by atoms with Crippen molar-refractivity contribution < 1.29 is 9.53 Å². The normalized spacial score (nSPS) is 19.2. The topological polar surface area (TPSA) is 109 Å². The van der Waals surface area contributed by atoms with Gasteiger partial charge in [-0.2, -0.15) is 0 Å². The number of anilines is 2. The standard InChI is InChI=1S/C32H36N8O2/c1-22-4-3-5-27(35-22)31-34-15-11-29(38-31)36-28-10-14-33-30(37-28)18-23-6-8-24(9-7-23)19-40-17-12-25(20-40)32(41)42-26-13-16-39(2)21-26/h3-11,14-15,25-26H,12-13,16-21H2,1-2H3,(H,33,34,36,37,38)/t25?,26-/m0/s1. The lowest BCUT2D eigenvalue weighted by Gasteiger charge is -2.18. The number of ether oxygens (including phenoxy) is 1. The van der Waals surface area contributed by atoms with Crippen LogP contribution in [0, 0.1) is 12.8 Å². The van der Waals surface area contributed by atoms with Crippen LogP contribution < -0.4 is 5.32 Å². The SMILES string of the molecule is Cc1cccc(-c2nccc(Nc3ccnc(Cc4ccc(CN5CCC(C(=O)O[C@H]6CCN(C)C6)C5)cc4)n3)n2)n1. The number of pyridine rings is 1. The van der Waals surface area contributed by atoms with Crippen LogP contribution in [0.15, 0.2) is 67.0 Å². The number of nitrogens with zero attached hydrogens (tertiary/aromatic N) is 7. The van der Waals surface area contributed by atoms with E-state index < -0.39 is 0 Å². The van der Waals surface area contributed by atoms with Gasteiger partial charge in [-0.3, -0.25) is 9.69 Å². The number of aromatic nitrogens is 5. The highest BCUT2D eigenvalue weighted by Crippen LogP contribution is 2.23. The number of hydrogen-bond donors (Lipinski definition) is 1. The van der Waals surface area contributed by atoms with Crippen molar-refractivity contribution in [2.45, 2.75) is 38.8 Å². The van der Waals surface area contributed by atoms with Crippen LogP contribution in [-0.2, 0) is 22.5 Å². The number of rotatable bonds is 9. The fourth-order valence-electron chi connectivity index (χ4n) is 5.53. The van der Waals surface area contributed by atoms with Crippen molar-refractivity contribution in [1.82, 2.24) is 34.7 Å². The Hall–Kier alpha value is -4.28. The van der Waals surface area contributed by atoms with E-state index in [9.17, 15) is 4.79 Å². The number of aryl methyl sites for hydroxylation is 1. The second-order valence-corrected chi connectivity index (χ2v) is 11.2. The molecule has 0 bridgehead atoms. The maximum absolute atomic E-state index is 12.6. The number of esters is 1. The first-order valence-corrected chi connectivity index (χ1v) is 14.5. The summed E-state index contributed by atoms with van der Waals surface area (Å²) in [4.78, 5) is 39.9. The van der Waals surface area contributed by atoms with Gasteiger partial charge in [-0.05, 0) is 68.8 Å². The molecule has 0 saturated carbocycles. The molecule has 0 amide bonds. The van der Waals surface area contributed by atoms with E-state index in [0.29, 0.717) is 23.9 Å². The van der Waals surface area contributed by atoms with Crippen molar-refractivity contribution in [2.24, 2.45) is 5.92 Å². The molecule has 2 atom stereocenters. The summed E-state index contributed by atoms with van der Waals surface area (Å²) in [6.45, 7) is 6.28. The molecule has 2 saturated heterocycles. The van der Waals surface area contributed by atoms with Crippen LogP contribution in [0.5, 0.6) is 0 Å². The highest BCUT2D eigenvalue weighted by Gasteiger charge is 2.32. The molecule has 1 aromatic carbocycles. The Morgan fingerprint density at radius 1 is 0.905 bits per heavy atom. The third-order valence-electron chi connectivity index (χ3n) is 7.76. The Kier molecular flexibility index (Phi) is 8.43. The summed E-state index contributed by atoms with van der Waals surface area (Å²) in [5.41, 5.74) is 4.00. The van der Waals surface area contributed by atoms with E-state index in [1.807, 2.05) is 31.2 Å². The minimum absolute atomic E-state index is 0.0265. The first kappa shape index (κ1) is 27.9. The smallest absolute Gasteiger partial charge is 0.310 e. The van der Waals surface area contributed by atoms with Gasteiger partial charge in [-0.15, -0.1) is 0 Å². The molecular weight excluding hydrogens is 528 g/mol. The lowest BCUT2D eigenvalue weighted by Crippen LogP contribution is -2.28. The molecule has 42 heavy (non-hydrogen) atoms. The van der Waals surface area contributed by atoms with Gasteiger partial charge in [0.2, 0.25) is 0 Å². The quantitative estimate of drug-likeness (QED) is 0.299. The zero-order valence-corrected chi connectivity index (χ0v) is 24.1. The predicted octanol–water partition coefficient (Wildman–Crippen LogP) is 4.04. The van der Waals surface area contributed by atoms with Crippen LogP contribution in [0.4, 0.5) is 11.6 Å². The molecule has 4 aromatic rings. The molecule has 1 unspecified atom stereocenters. The molecule has 216 valence electrons. The van der Waals surface area contributed by atoms with Crippen LogP contribution in [-0.4, -0.2) is 80.0 Å². The van der Waals surface area contributed by atoms with E-state index in [0.717, 1.165) is 68.3 Å². The Bertz CT molecular complexity index is 1530. The predicted molar refractivity (Wildman–Crippen MR) is 160 cm³/mol. The summed E-state index contributed by atoms with van der Waals surface area (Å²) in [7, 11) is 2.07. The molecule has 2 aliphatic heterocycles. The maximum Gasteiger partial charge on any atom is 0.310 e.